The molecule has 1 heterocycles. The van der Waals surface area contributed by atoms with Crippen molar-refractivity contribution in [3.63, 3.8) is 0 Å². The number of hydrogen-bond donors (Lipinski definition) is 1. The summed E-state index contributed by atoms with van der Waals surface area (Å²) in [6.45, 7) is 1.71. The Morgan fingerprint density at radius 3 is 2.00 bits per heavy atom. The van der Waals surface area contributed by atoms with Crippen LogP contribution in [0.2, 0.25) is 0 Å². The fourth-order valence-electron chi connectivity index (χ4n) is 2.85. The molecule has 8 nitrogen and oxygen atoms in total. The molecule has 1 saturated heterocycles. The summed E-state index contributed by atoms with van der Waals surface area (Å²) in [5, 5.41) is 2.87. The highest BCUT2D eigenvalue weighted by atomic mass is 32.2. The van der Waals surface area contributed by atoms with Crippen molar-refractivity contribution in [1.29, 1.82) is 0 Å². The van der Waals surface area contributed by atoms with Gasteiger partial charge in [-0.3, -0.25) is 19.1 Å². The second kappa shape index (κ2) is 8.61. The third-order valence-electron chi connectivity index (χ3n) is 4.28. The van der Waals surface area contributed by atoms with E-state index in [4.69, 9.17) is 13.7 Å². The fourth-order valence-corrected chi connectivity index (χ4v) is 3.83. The van der Waals surface area contributed by atoms with Crippen LogP contribution in [0.5, 0.6) is 0 Å². The number of carbonyl (C=O) groups is 2. The van der Waals surface area contributed by atoms with Gasteiger partial charge in [0.2, 0.25) is 0 Å². The molecule has 0 aliphatic carbocycles. The van der Waals surface area contributed by atoms with E-state index in [1.807, 2.05) is 6.92 Å². The molecule has 3 atom stereocenters. The van der Waals surface area contributed by atoms with Crippen LogP contribution in [0.4, 0.5) is 0 Å². The predicted molar refractivity (Wildman–Crippen MR) is 91.8 cm³/mol. The van der Waals surface area contributed by atoms with E-state index in [-0.39, 0.29) is 17.4 Å². The van der Waals surface area contributed by atoms with Gasteiger partial charge in [0.15, 0.2) is 0 Å². The molecule has 2 rings (SSSR count). The quantitative estimate of drug-likeness (QED) is 0.565. The van der Waals surface area contributed by atoms with Crippen molar-refractivity contribution in [1.82, 2.24) is 5.32 Å². The third kappa shape index (κ3) is 5.03. The second-order valence-corrected chi connectivity index (χ2v) is 7.82. The molecule has 0 aromatic heterocycles. The molecule has 9 heteroatoms. The lowest BCUT2D eigenvalue weighted by Crippen LogP contribution is -2.54. The number of nitrogens with one attached hydrogen (secondary N) is 1. The average molecular weight is 385 g/mol. The maximum absolute atomic E-state index is 12.3. The van der Waals surface area contributed by atoms with Gasteiger partial charge in [-0.05, 0) is 37.8 Å². The zero-order valence-corrected chi connectivity index (χ0v) is 15.7. The van der Waals surface area contributed by atoms with Gasteiger partial charge in [-0.2, -0.15) is 8.42 Å². The Morgan fingerprint density at radius 1 is 1.04 bits per heavy atom. The van der Waals surface area contributed by atoms with Crippen LogP contribution in [0.1, 0.15) is 18.4 Å². The Balaban J connectivity index is 2.07. The van der Waals surface area contributed by atoms with E-state index in [2.05, 4.69) is 5.32 Å². The van der Waals surface area contributed by atoms with Crippen molar-refractivity contribution in [3.05, 3.63) is 29.8 Å². The first-order chi connectivity index (χ1) is 12.3. The Morgan fingerprint density at radius 2 is 1.54 bits per heavy atom. The highest BCUT2D eigenvalue weighted by Crippen LogP contribution is 2.24. The molecule has 0 amide bonds. The first-order valence-electron chi connectivity index (χ1n) is 8.14. The number of benzene rings is 1. The number of piperidine rings is 1. The number of hydrogen-bond acceptors (Lipinski definition) is 8. The highest BCUT2D eigenvalue weighted by Gasteiger charge is 2.37. The summed E-state index contributed by atoms with van der Waals surface area (Å²) in [5.74, 6) is -1.38. The van der Waals surface area contributed by atoms with Crippen LogP contribution in [-0.4, -0.2) is 53.3 Å². The topological polar surface area (TPSA) is 108 Å². The average Bonchev–Trinajstić information content (AvgIpc) is 2.65. The number of carbonyl (C=O) groups excluding carboxylic acids is 2. The molecule has 0 spiro atoms. The molecule has 0 saturated carbocycles. The zero-order chi connectivity index (χ0) is 19.3. The number of ether oxygens (including phenoxy) is 2. The Hall–Kier alpha value is -1.97. The summed E-state index contributed by atoms with van der Waals surface area (Å²) in [6.07, 6.45) is 0.590. The summed E-state index contributed by atoms with van der Waals surface area (Å²) in [4.78, 5) is 23.7. The third-order valence-corrected chi connectivity index (χ3v) is 5.58. The van der Waals surface area contributed by atoms with Crippen LogP contribution in [0.25, 0.3) is 0 Å². The van der Waals surface area contributed by atoms with Gasteiger partial charge in [-0.25, -0.2) is 0 Å². The standard InChI is InChI=1S/C17H23NO7S/c1-11-4-6-13(7-5-11)26(21,22)25-10-12-8-14(16(19)23-2)18-15(9-12)17(20)24-3/h4-7,12,14-15,18H,8-10H2,1-3H3/t12?,14-,15+. The van der Waals surface area contributed by atoms with Gasteiger partial charge in [0, 0.05) is 0 Å². The zero-order valence-electron chi connectivity index (χ0n) is 14.9. The first kappa shape index (κ1) is 20.3. The van der Waals surface area contributed by atoms with Crippen molar-refractivity contribution in [2.45, 2.75) is 36.7 Å². The van der Waals surface area contributed by atoms with E-state index in [1.165, 1.54) is 26.4 Å². The van der Waals surface area contributed by atoms with Gasteiger partial charge in [0.1, 0.15) is 12.1 Å². The van der Waals surface area contributed by atoms with Crippen molar-refractivity contribution in [2.75, 3.05) is 20.8 Å². The molecule has 0 radical (unpaired) electrons. The van der Waals surface area contributed by atoms with Crippen LogP contribution < -0.4 is 5.32 Å². The second-order valence-electron chi connectivity index (χ2n) is 6.21. The summed E-state index contributed by atoms with van der Waals surface area (Å²) in [7, 11) is -1.42. The normalized spacial score (nSPS) is 23.3. The lowest BCUT2D eigenvalue weighted by molar-refractivity contribution is -0.149. The van der Waals surface area contributed by atoms with Crippen molar-refractivity contribution in [3.8, 4) is 0 Å². The van der Waals surface area contributed by atoms with E-state index < -0.39 is 34.1 Å². The number of aryl methyl sites for hydroxylation is 1. The van der Waals surface area contributed by atoms with Crippen LogP contribution in [0.3, 0.4) is 0 Å². The van der Waals surface area contributed by atoms with Crippen LogP contribution >= 0.6 is 0 Å². The van der Waals surface area contributed by atoms with Gasteiger partial charge in [-0.1, -0.05) is 17.7 Å². The number of rotatable bonds is 6. The van der Waals surface area contributed by atoms with E-state index in [1.54, 1.807) is 12.1 Å². The van der Waals surface area contributed by atoms with E-state index in [9.17, 15) is 18.0 Å². The van der Waals surface area contributed by atoms with Crippen LogP contribution in [0, 0.1) is 12.8 Å². The van der Waals surface area contributed by atoms with Gasteiger partial charge < -0.3 is 9.47 Å². The molecule has 1 aliphatic rings. The summed E-state index contributed by atoms with van der Waals surface area (Å²) >= 11 is 0. The van der Waals surface area contributed by atoms with E-state index >= 15 is 0 Å². The Bertz CT molecular complexity index is 721. The van der Waals surface area contributed by atoms with Crippen molar-refractivity contribution < 1.29 is 31.7 Å². The maximum Gasteiger partial charge on any atom is 0.322 e. The minimum atomic E-state index is -3.92. The van der Waals surface area contributed by atoms with Gasteiger partial charge in [0.25, 0.3) is 10.1 Å². The SMILES string of the molecule is COC(=O)[C@@H]1CC(COS(=O)(=O)c2ccc(C)cc2)C[C@H](C(=O)OC)N1. The summed E-state index contributed by atoms with van der Waals surface area (Å²) in [5.41, 5.74) is 0.934. The minimum Gasteiger partial charge on any atom is -0.468 e. The van der Waals surface area contributed by atoms with Crippen molar-refractivity contribution in [2.24, 2.45) is 5.92 Å². The molecular formula is C17H23NO7S. The maximum atomic E-state index is 12.3. The Kier molecular flexibility index (Phi) is 6.74. The molecule has 1 N–H and O–H groups in total. The molecule has 1 aliphatic heterocycles. The van der Waals surface area contributed by atoms with E-state index in [0.29, 0.717) is 12.8 Å². The van der Waals surface area contributed by atoms with Crippen LogP contribution in [0.15, 0.2) is 29.2 Å². The van der Waals surface area contributed by atoms with Crippen LogP contribution in [-0.2, 0) is 33.4 Å². The lowest BCUT2D eigenvalue weighted by Gasteiger charge is -2.33. The first-order valence-corrected chi connectivity index (χ1v) is 9.55. The molecular weight excluding hydrogens is 362 g/mol. The molecule has 1 unspecified atom stereocenters. The monoisotopic (exact) mass is 385 g/mol. The van der Waals surface area contributed by atoms with Gasteiger partial charge in [0.05, 0.1) is 25.7 Å². The predicted octanol–water partition coefficient (Wildman–Crippen LogP) is 0.783. The molecule has 1 aromatic rings. The molecule has 0 bridgehead atoms. The largest absolute Gasteiger partial charge is 0.468 e. The molecule has 1 aromatic carbocycles. The Labute approximate surface area is 152 Å². The van der Waals surface area contributed by atoms with Gasteiger partial charge >= 0.3 is 11.9 Å². The molecule has 26 heavy (non-hydrogen) atoms. The molecule has 1 fully saturated rings. The number of esters is 2. The lowest BCUT2D eigenvalue weighted by atomic mass is 9.88. The molecule has 144 valence electrons. The minimum absolute atomic E-state index is 0.0612. The van der Waals surface area contributed by atoms with E-state index in [0.717, 1.165) is 5.56 Å². The van der Waals surface area contributed by atoms with Crippen molar-refractivity contribution >= 4 is 22.1 Å². The highest BCUT2D eigenvalue weighted by molar-refractivity contribution is 7.86. The van der Waals surface area contributed by atoms with Gasteiger partial charge in [-0.15, -0.1) is 0 Å². The smallest absolute Gasteiger partial charge is 0.322 e. The summed E-state index contributed by atoms with van der Waals surface area (Å²) < 4.78 is 39.2. The number of methoxy groups -OCH3 is 2. The fraction of sp³-hybridized carbons (Fsp3) is 0.529. The summed E-state index contributed by atoms with van der Waals surface area (Å²) in [6, 6.07) is 4.85.